The molecule has 0 amide bonds. The predicted molar refractivity (Wildman–Crippen MR) is 36.3 cm³/mol. The number of esters is 1. The number of carbonyl (C=O) groups excluding carboxylic acids is 1. The Kier molecular flexibility index (Phi) is 4.98. The molecule has 11 heavy (non-hydrogen) atoms. The molecule has 0 fully saturated rings. The van der Waals surface area contributed by atoms with E-state index in [1.165, 1.54) is 0 Å². The first kappa shape index (κ1) is 9.81. The molecular weight excluding hydrogens is 148 g/mol. The lowest BCUT2D eigenvalue weighted by Gasteiger charge is -2.10. The van der Waals surface area contributed by atoms with Crippen LogP contribution in [0.5, 0.6) is 0 Å². The second kappa shape index (κ2) is 5.58. The summed E-state index contributed by atoms with van der Waals surface area (Å²) in [7, 11) is 0. The molecule has 0 radical (unpaired) electrons. The Morgan fingerprint density at radius 1 is 1.36 bits per heavy atom. The fourth-order valence-electron chi connectivity index (χ4n) is 0.464. The van der Waals surface area contributed by atoms with Gasteiger partial charge in [-0.3, -0.25) is 0 Å². The first-order valence-electron chi connectivity index (χ1n) is 3.39. The minimum Gasteiger partial charge on any atom is -0.613 e. The van der Waals surface area contributed by atoms with Crippen molar-refractivity contribution in [3.63, 3.8) is 0 Å². The number of rotatable bonds is 4. The van der Waals surface area contributed by atoms with Crippen LogP contribution in [0.25, 0.3) is 0 Å². The maximum atomic E-state index is 10.5. The molecule has 4 nitrogen and oxygen atoms in total. The molecule has 0 aliphatic carbocycles. The van der Waals surface area contributed by atoms with E-state index in [2.05, 4.69) is 9.47 Å². The van der Waals surface area contributed by atoms with Crippen LogP contribution in [0.4, 0.5) is 0 Å². The Morgan fingerprint density at radius 3 is 2.36 bits per heavy atom. The standard InChI is InChI=1S/C7H12O4/c1-3-10-6(8)5-7(9)11-4-2/h5,8H,3-4H2,1-2H3/p-1/b6-5+. The van der Waals surface area contributed by atoms with Gasteiger partial charge >= 0.3 is 5.97 Å². The number of hydrogen-bond acceptors (Lipinski definition) is 4. The minimum absolute atomic E-state index is 0.259. The quantitative estimate of drug-likeness (QED) is 0.323. The van der Waals surface area contributed by atoms with Gasteiger partial charge in [0.05, 0.1) is 12.6 Å². The van der Waals surface area contributed by atoms with Crippen molar-refractivity contribution in [3.05, 3.63) is 12.0 Å². The van der Waals surface area contributed by atoms with E-state index in [0.29, 0.717) is 0 Å². The largest absolute Gasteiger partial charge is 0.613 e. The van der Waals surface area contributed by atoms with Crippen molar-refractivity contribution < 1.29 is 19.4 Å². The van der Waals surface area contributed by atoms with E-state index < -0.39 is 11.9 Å². The van der Waals surface area contributed by atoms with Crippen LogP contribution in [0, 0.1) is 0 Å². The molecule has 0 heterocycles. The summed E-state index contributed by atoms with van der Waals surface area (Å²) in [6.45, 7) is 3.84. The summed E-state index contributed by atoms with van der Waals surface area (Å²) >= 11 is 0. The van der Waals surface area contributed by atoms with E-state index in [1.807, 2.05) is 0 Å². The Balaban J connectivity index is 3.76. The normalized spacial score (nSPS) is 10.9. The fourth-order valence-corrected chi connectivity index (χ4v) is 0.464. The van der Waals surface area contributed by atoms with Gasteiger partial charge in [-0.15, -0.1) is 0 Å². The second-order valence-electron chi connectivity index (χ2n) is 1.65. The van der Waals surface area contributed by atoms with Crippen molar-refractivity contribution >= 4 is 5.97 Å². The number of carbonyl (C=O) groups is 1. The summed E-state index contributed by atoms with van der Waals surface area (Å²) in [5.41, 5.74) is 0. The molecule has 0 unspecified atom stereocenters. The summed E-state index contributed by atoms with van der Waals surface area (Å²) in [4.78, 5) is 10.5. The summed E-state index contributed by atoms with van der Waals surface area (Å²) in [6, 6.07) is 0. The van der Waals surface area contributed by atoms with E-state index in [0.717, 1.165) is 6.08 Å². The zero-order valence-corrected chi connectivity index (χ0v) is 6.62. The highest BCUT2D eigenvalue weighted by atomic mass is 16.6. The highest BCUT2D eigenvalue weighted by Gasteiger charge is 1.93. The second-order valence-corrected chi connectivity index (χ2v) is 1.65. The van der Waals surface area contributed by atoms with Crippen molar-refractivity contribution in [3.8, 4) is 0 Å². The number of hydrogen-bond donors (Lipinski definition) is 0. The van der Waals surface area contributed by atoms with Crippen molar-refractivity contribution in [1.29, 1.82) is 0 Å². The minimum atomic E-state index is -0.661. The molecule has 0 aromatic heterocycles. The Bertz CT molecular complexity index is 151. The zero-order valence-electron chi connectivity index (χ0n) is 6.62. The van der Waals surface area contributed by atoms with Crippen molar-refractivity contribution in [2.45, 2.75) is 13.8 Å². The first-order valence-corrected chi connectivity index (χ1v) is 3.39. The van der Waals surface area contributed by atoms with Gasteiger partial charge in [0.15, 0.2) is 0 Å². The van der Waals surface area contributed by atoms with Crippen LogP contribution in [-0.4, -0.2) is 19.2 Å². The lowest BCUT2D eigenvalue weighted by atomic mass is 10.6. The van der Waals surface area contributed by atoms with E-state index in [1.54, 1.807) is 13.8 Å². The monoisotopic (exact) mass is 159 g/mol. The Hall–Kier alpha value is -1.19. The van der Waals surface area contributed by atoms with Crippen LogP contribution in [-0.2, 0) is 14.3 Å². The van der Waals surface area contributed by atoms with Crippen LogP contribution in [0.2, 0.25) is 0 Å². The third kappa shape index (κ3) is 5.26. The molecule has 0 aromatic carbocycles. The lowest BCUT2D eigenvalue weighted by molar-refractivity contribution is -0.356. The van der Waals surface area contributed by atoms with E-state index in [9.17, 15) is 9.90 Å². The molecule has 0 rings (SSSR count). The van der Waals surface area contributed by atoms with Gasteiger partial charge in [-0.1, -0.05) is 6.92 Å². The third-order valence-corrected chi connectivity index (χ3v) is 0.809. The predicted octanol–water partition coefficient (Wildman–Crippen LogP) is -0.212. The van der Waals surface area contributed by atoms with Crippen LogP contribution < -0.4 is 5.11 Å². The summed E-state index contributed by atoms with van der Waals surface area (Å²) < 4.78 is 8.93. The molecule has 0 bridgehead atoms. The molecule has 0 N–H and O–H groups in total. The molecule has 64 valence electrons. The lowest BCUT2D eigenvalue weighted by Crippen LogP contribution is -2.11. The summed E-state index contributed by atoms with van der Waals surface area (Å²) in [5, 5.41) is 10.5. The van der Waals surface area contributed by atoms with Gasteiger partial charge in [0, 0.05) is 6.08 Å². The van der Waals surface area contributed by atoms with Gasteiger partial charge < -0.3 is 14.6 Å². The Morgan fingerprint density at radius 2 is 1.91 bits per heavy atom. The average molecular weight is 159 g/mol. The zero-order chi connectivity index (χ0) is 8.69. The van der Waals surface area contributed by atoms with Crippen LogP contribution in [0.15, 0.2) is 12.0 Å². The molecule has 4 heteroatoms. The molecule has 0 aromatic rings. The van der Waals surface area contributed by atoms with E-state index in [-0.39, 0.29) is 13.2 Å². The van der Waals surface area contributed by atoms with Crippen molar-refractivity contribution in [2.24, 2.45) is 0 Å². The third-order valence-electron chi connectivity index (χ3n) is 0.809. The van der Waals surface area contributed by atoms with Gasteiger partial charge in [-0.05, 0) is 13.5 Å². The number of ether oxygens (including phenoxy) is 2. The molecule has 0 spiro atoms. The van der Waals surface area contributed by atoms with E-state index in [4.69, 9.17) is 0 Å². The molecule has 0 aliphatic rings. The fraction of sp³-hybridized carbons (Fsp3) is 0.571. The van der Waals surface area contributed by atoms with Crippen LogP contribution >= 0.6 is 0 Å². The smallest absolute Gasteiger partial charge is 0.332 e. The van der Waals surface area contributed by atoms with Crippen molar-refractivity contribution in [1.82, 2.24) is 0 Å². The molecule has 0 saturated carbocycles. The molecule has 0 atom stereocenters. The highest BCUT2D eigenvalue weighted by Crippen LogP contribution is 1.88. The van der Waals surface area contributed by atoms with E-state index >= 15 is 0 Å². The highest BCUT2D eigenvalue weighted by molar-refractivity contribution is 5.81. The van der Waals surface area contributed by atoms with Gasteiger partial charge in [0.25, 0.3) is 0 Å². The van der Waals surface area contributed by atoms with Gasteiger partial charge in [-0.2, -0.15) is 0 Å². The molecular formula is C7H11O4-. The van der Waals surface area contributed by atoms with Crippen LogP contribution in [0.1, 0.15) is 13.8 Å². The molecule has 0 aliphatic heterocycles. The average Bonchev–Trinajstić information content (AvgIpc) is 1.87. The SMILES string of the molecule is CCOC(=O)/C=C(\[O-])OCC. The van der Waals surface area contributed by atoms with Crippen molar-refractivity contribution in [2.75, 3.05) is 13.2 Å². The molecule has 0 saturated heterocycles. The first-order chi connectivity index (χ1) is 5.20. The van der Waals surface area contributed by atoms with Gasteiger partial charge in [0.1, 0.15) is 0 Å². The maximum absolute atomic E-state index is 10.5. The van der Waals surface area contributed by atoms with Crippen LogP contribution in [0.3, 0.4) is 0 Å². The summed E-state index contributed by atoms with van der Waals surface area (Å²) in [6.07, 6.45) is 0.785. The maximum Gasteiger partial charge on any atom is 0.332 e. The van der Waals surface area contributed by atoms with Gasteiger partial charge in [-0.25, -0.2) is 4.79 Å². The Labute approximate surface area is 65.4 Å². The van der Waals surface area contributed by atoms with Gasteiger partial charge in [0.2, 0.25) is 0 Å². The topological polar surface area (TPSA) is 58.6 Å². The summed E-state index contributed by atoms with van der Waals surface area (Å²) in [5.74, 6) is -1.32.